The molecule has 0 spiro atoms. The number of nitrogens with zero attached hydrogens (tertiary/aromatic N) is 1. The Bertz CT molecular complexity index is 1200. The fourth-order valence-electron chi connectivity index (χ4n) is 5.08. The van der Waals surface area contributed by atoms with E-state index in [-0.39, 0.29) is 24.5 Å². The lowest BCUT2D eigenvalue weighted by atomic mass is 10.0. The largest absolute Gasteiger partial charge is 0.483 e. The molecule has 0 saturated heterocycles. The Hall–Kier alpha value is -3.60. The predicted octanol–water partition coefficient (Wildman–Crippen LogP) is 5.69. The number of benzene rings is 3. The minimum absolute atomic E-state index is 0.0933. The van der Waals surface area contributed by atoms with Crippen LogP contribution in [0, 0.1) is 20.8 Å². The fraction of sp³-hybridized carbons (Fsp3) is 0.375. The van der Waals surface area contributed by atoms with E-state index in [0.717, 1.165) is 53.5 Å². The lowest BCUT2D eigenvalue weighted by Crippen LogP contribution is -2.53. The van der Waals surface area contributed by atoms with Crippen molar-refractivity contribution in [2.24, 2.45) is 0 Å². The Labute approximate surface area is 220 Å². The molecule has 2 amide bonds. The van der Waals surface area contributed by atoms with Crippen LogP contribution < -0.4 is 10.1 Å². The van der Waals surface area contributed by atoms with Gasteiger partial charge in [-0.25, -0.2) is 0 Å². The van der Waals surface area contributed by atoms with Crippen molar-refractivity contribution < 1.29 is 14.3 Å². The highest BCUT2D eigenvalue weighted by molar-refractivity contribution is 5.88. The van der Waals surface area contributed by atoms with E-state index in [1.165, 1.54) is 0 Å². The highest BCUT2D eigenvalue weighted by atomic mass is 16.5. The summed E-state index contributed by atoms with van der Waals surface area (Å²) in [5, 5.41) is 3.25. The van der Waals surface area contributed by atoms with Crippen molar-refractivity contribution in [2.45, 2.75) is 71.5 Å². The number of rotatable bonds is 10. The molecular formula is C32H38N2O3. The number of aryl methyl sites for hydroxylation is 3. The SMILES string of the molecule is Cc1ccc(OCC(=O)N(Cc2ccccc2C)[C@H](Cc2ccccc2)C(=O)NC2CCCC2)c(C)c1. The van der Waals surface area contributed by atoms with E-state index >= 15 is 0 Å². The van der Waals surface area contributed by atoms with Crippen LogP contribution in [0.3, 0.4) is 0 Å². The van der Waals surface area contributed by atoms with Crippen LogP contribution in [0.2, 0.25) is 0 Å². The van der Waals surface area contributed by atoms with Gasteiger partial charge in [0, 0.05) is 19.0 Å². The lowest BCUT2D eigenvalue weighted by Gasteiger charge is -2.32. The molecule has 0 unspecified atom stereocenters. The number of nitrogens with one attached hydrogen (secondary N) is 1. The van der Waals surface area contributed by atoms with E-state index in [0.29, 0.717) is 18.7 Å². The maximum absolute atomic E-state index is 13.8. The van der Waals surface area contributed by atoms with Crippen LogP contribution in [0.5, 0.6) is 5.75 Å². The molecule has 0 aromatic heterocycles. The van der Waals surface area contributed by atoms with Crippen molar-refractivity contribution >= 4 is 11.8 Å². The summed E-state index contributed by atoms with van der Waals surface area (Å²) in [6.45, 7) is 6.26. The normalized spacial score (nSPS) is 14.2. The summed E-state index contributed by atoms with van der Waals surface area (Å²) in [5.41, 5.74) is 5.26. The van der Waals surface area contributed by atoms with Crippen molar-refractivity contribution in [3.05, 3.63) is 101 Å². The molecule has 3 aromatic carbocycles. The third-order valence-corrected chi connectivity index (χ3v) is 7.26. The predicted molar refractivity (Wildman–Crippen MR) is 147 cm³/mol. The first-order chi connectivity index (χ1) is 17.9. The number of ether oxygens (including phenoxy) is 1. The summed E-state index contributed by atoms with van der Waals surface area (Å²) in [5.74, 6) is 0.389. The lowest BCUT2D eigenvalue weighted by molar-refractivity contribution is -0.143. The zero-order valence-corrected chi connectivity index (χ0v) is 22.2. The van der Waals surface area contributed by atoms with Gasteiger partial charge in [0.25, 0.3) is 5.91 Å². The second kappa shape index (κ2) is 12.6. The van der Waals surface area contributed by atoms with Gasteiger partial charge >= 0.3 is 0 Å². The zero-order valence-electron chi connectivity index (χ0n) is 22.2. The highest BCUT2D eigenvalue weighted by Gasteiger charge is 2.32. The number of hydrogen-bond donors (Lipinski definition) is 1. The van der Waals surface area contributed by atoms with Gasteiger partial charge in [-0.3, -0.25) is 9.59 Å². The zero-order chi connectivity index (χ0) is 26.2. The third-order valence-electron chi connectivity index (χ3n) is 7.26. The Kier molecular flexibility index (Phi) is 8.99. The van der Waals surface area contributed by atoms with Crippen LogP contribution in [0.1, 0.15) is 53.5 Å². The van der Waals surface area contributed by atoms with Crippen LogP contribution in [0.4, 0.5) is 0 Å². The van der Waals surface area contributed by atoms with Gasteiger partial charge in [-0.2, -0.15) is 0 Å². The number of hydrogen-bond acceptors (Lipinski definition) is 3. The molecule has 5 heteroatoms. The summed E-state index contributed by atoms with van der Waals surface area (Å²) in [6, 6.07) is 23.4. The maximum atomic E-state index is 13.8. The van der Waals surface area contributed by atoms with Crippen molar-refractivity contribution in [3.8, 4) is 5.75 Å². The molecule has 3 aromatic rings. The molecule has 194 valence electrons. The van der Waals surface area contributed by atoms with Crippen LogP contribution in [-0.2, 0) is 22.6 Å². The molecule has 1 fully saturated rings. The third kappa shape index (κ3) is 7.22. The molecule has 1 saturated carbocycles. The van der Waals surface area contributed by atoms with Gasteiger partial charge < -0.3 is 15.0 Å². The molecule has 0 heterocycles. The number of carbonyl (C=O) groups excluding carboxylic acids is 2. The van der Waals surface area contributed by atoms with Gasteiger partial charge in [-0.1, -0.05) is 85.1 Å². The maximum Gasteiger partial charge on any atom is 0.261 e. The molecule has 1 aliphatic rings. The molecule has 0 aliphatic heterocycles. The van der Waals surface area contributed by atoms with Crippen molar-refractivity contribution in [2.75, 3.05) is 6.61 Å². The first-order valence-electron chi connectivity index (χ1n) is 13.3. The Balaban J connectivity index is 1.63. The van der Waals surface area contributed by atoms with Crippen LogP contribution >= 0.6 is 0 Å². The standard InChI is InChI=1S/C32H38N2O3/c1-23-17-18-30(25(3)19-23)37-22-31(35)34(21-27-14-8-7-11-24(27)2)29(20-26-12-5-4-6-13-26)32(36)33-28-15-9-10-16-28/h4-8,11-14,17-19,28-29H,9-10,15-16,20-22H2,1-3H3,(H,33,36)/t29-/m1/s1. The van der Waals surface area contributed by atoms with Gasteiger partial charge in [-0.15, -0.1) is 0 Å². The van der Waals surface area contributed by atoms with E-state index in [9.17, 15) is 9.59 Å². The molecule has 0 bridgehead atoms. The number of carbonyl (C=O) groups is 2. The minimum atomic E-state index is -0.641. The summed E-state index contributed by atoms with van der Waals surface area (Å²) >= 11 is 0. The minimum Gasteiger partial charge on any atom is -0.483 e. The van der Waals surface area contributed by atoms with Gasteiger partial charge in [0.2, 0.25) is 5.91 Å². The molecule has 1 N–H and O–H groups in total. The summed E-state index contributed by atoms with van der Waals surface area (Å²) in [7, 11) is 0. The van der Waals surface area contributed by atoms with E-state index in [1.54, 1.807) is 4.90 Å². The smallest absolute Gasteiger partial charge is 0.261 e. The Morgan fingerprint density at radius 1 is 0.919 bits per heavy atom. The van der Waals surface area contributed by atoms with Crippen molar-refractivity contribution in [1.29, 1.82) is 0 Å². The van der Waals surface area contributed by atoms with Crippen LogP contribution in [-0.4, -0.2) is 35.4 Å². The Morgan fingerprint density at radius 2 is 1.62 bits per heavy atom. The Morgan fingerprint density at radius 3 is 2.32 bits per heavy atom. The molecule has 0 radical (unpaired) electrons. The van der Waals surface area contributed by atoms with Crippen molar-refractivity contribution in [3.63, 3.8) is 0 Å². The average molecular weight is 499 g/mol. The van der Waals surface area contributed by atoms with Crippen LogP contribution in [0.25, 0.3) is 0 Å². The molecular weight excluding hydrogens is 460 g/mol. The molecule has 4 rings (SSSR count). The first kappa shape index (κ1) is 26.5. The van der Waals surface area contributed by atoms with Gasteiger partial charge in [-0.05, 0) is 61.9 Å². The highest BCUT2D eigenvalue weighted by Crippen LogP contribution is 2.22. The first-order valence-corrected chi connectivity index (χ1v) is 13.3. The topological polar surface area (TPSA) is 58.6 Å². The fourth-order valence-corrected chi connectivity index (χ4v) is 5.08. The van der Waals surface area contributed by atoms with E-state index in [2.05, 4.69) is 5.32 Å². The molecule has 1 aliphatic carbocycles. The quantitative estimate of drug-likeness (QED) is 0.391. The van der Waals surface area contributed by atoms with Gasteiger partial charge in [0.05, 0.1) is 0 Å². The van der Waals surface area contributed by atoms with E-state index < -0.39 is 6.04 Å². The summed E-state index contributed by atoms with van der Waals surface area (Å²) in [4.78, 5) is 29.3. The molecule has 5 nitrogen and oxygen atoms in total. The molecule has 37 heavy (non-hydrogen) atoms. The monoisotopic (exact) mass is 498 g/mol. The number of amides is 2. The van der Waals surface area contributed by atoms with Gasteiger partial charge in [0.15, 0.2) is 6.61 Å². The average Bonchev–Trinajstić information content (AvgIpc) is 3.40. The van der Waals surface area contributed by atoms with Crippen molar-refractivity contribution in [1.82, 2.24) is 10.2 Å². The van der Waals surface area contributed by atoms with E-state index in [4.69, 9.17) is 4.74 Å². The van der Waals surface area contributed by atoms with E-state index in [1.807, 2.05) is 93.6 Å². The second-order valence-corrected chi connectivity index (χ2v) is 10.2. The van der Waals surface area contributed by atoms with Crippen LogP contribution in [0.15, 0.2) is 72.8 Å². The summed E-state index contributed by atoms with van der Waals surface area (Å²) < 4.78 is 5.99. The summed E-state index contributed by atoms with van der Waals surface area (Å²) in [6.07, 6.45) is 4.69. The van der Waals surface area contributed by atoms with Gasteiger partial charge in [0.1, 0.15) is 11.8 Å². The molecule has 1 atom stereocenters. The second-order valence-electron chi connectivity index (χ2n) is 10.2.